The van der Waals surface area contributed by atoms with E-state index in [2.05, 4.69) is 28.7 Å². The Bertz CT molecular complexity index is 1000. The zero-order valence-corrected chi connectivity index (χ0v) is 18.0. The van der Waals surface area contributed by atoms with Crippen LogP contribution in [0.25, 0.3) is 10.8 Å². The van der Waals surface area contributed by atoms with Crippen LogP contribution < -0.4 is 4.90 Å². The zero-order valence-electron chi connectivity index (χ0n) is 17.2. The fraction of sp³-hybridized carbons (Fsp3) is 0.429. The Kier molecular flexibility index (Phi) is 5.36. The van der Waals surface area contributed by atoms with E-state index >= 15 is 0 Å². The van der Waals surface area contributed by atoms with E-state index in [9.17, 15) is 4.79 Å². The highest BCUT2D eigenvalue weighted by Crippen LogP contribution is 2.29. The zero-order chi connectivity index (χ0) is 20.5. The molecular weight excluding hydrogens is 386 g/mol. The number of rotatable bonds is 4. The number of hydrogen-bond donors (Lipinski definition) is 0. The van der Waals surface area contributed by atoms with Crippen molar-refractivity contribution < 1.29 is 9.21 Å². The van der Waals surface area contributed by atoms with Gasteiger partial charge in [-0.05, 0) is 26.0 Å². The Labute approximate surface area is 174 Å². The molecule has 7 nitrogen and oxygen atoms in total. The van der Waals surface area contributed by atoms with Gasteiger partial charge < -0.3 is 14.2 Å². The summed E-state index contributed by atoms with van der Waals surface area (Å²) in [5.74, 6) is 2.77. The molecule has 1 aliphatic rings. The average Bonchev–Trinajstić information content (AvgIpc) is 3.37. The lowest BCUT2D eigenvalue weighted by atomic mass is 10.2. The van der Waals surface area contributed by atoms with E-state index in [4.69, 9.17) is 9.40 Å². The van der Waals surface area contributed by atoms with Crippen LogP contribution in [0.5, 0.6) is 0 Å². The van der Waals surface area contributed by atoms with E-state index in [0.29, 0.717) is 24.5 Å². The monoisotopic (exact) mass is 411 g/mol. The summed E-state index contributed by atoms with van der Waals surface area (Å²) in [4.78, 5) is 31.9. The van der Waals surface area contributed by atoms with E-state index in [-0.39, 0.29) is 11.8 Å². The van der Waals surface area contributed by atoms with Crippen LogP contribution in [0.1, 0.15) is 46.6 Å². The highest BCUT2D eigenvalue weighted by Gasteiger charge is 2.27. The number of furan rings is 1. The van der Waals surface area contributed by atoms with E-state index in [1.54, 1.807) is 6.26 Å². The fourth-order valence-corrected chi connectivity index (χ4v) is 4.26. The lowest BCUT2D eigenvalue weighted by Gasteiger charge is -2.35. The first-order valence-corrected chi connectivity index (χ1v) is 10.6. The lowest BCUT2D eigenvalue weighted by Crippen LogP contribution is -2.49. The maximum Gasteiger partial charge on any atom is 0.273 e. The first-order valence-electron chi connectivity index (χ1n) is 9.83. The van der Waals surface area contributed by atoms with Crippen molar-refractivity contribution in [2.75, 3.05) is 31.1 Å². The van der Waals surface area contributed by atoms with Crippen LogP contribution in [-0.4, -0.2) is 51.9 Å². The first-order chi connectivity index (χ1) is 13.9. The third-order valence-electron chi connectivity index (χ3n) is 5.00. The minimum Gasteiger partial charge on any atom is -0.462 e. The minimum absolute atomic E-state index is 0.0158. The standard InChI is InChI=1S/C21H25N5O2S/c1-13(2)19-22-14(3)12-17(23-19)25-7-9-26(10-8-25)21(27)18-15(4)29-20(24-18)16-6-5-11-28-16/h5-6,11-13H,7-10H2,1-4H3. The van der Waals surface area contributed by atoms with E-state index < -0.39 is 0 Å². The summed E-state index contributed by atoms with van der Waals surface area (Å²) >= 11 is 1.49. The van der Waals surface area contributed by atoms with Crippen molar-refractivity contribution in [2.24, 2.45) is 0 Å². The molecule has 0 spiro atoms. The molecule has 0 aliphatic carbocycles. The average molecular weight is 412 g/mol. The number of thiazole rings is 1. The number of carbonyl (C=O) groups is 1. The number of nitrogens with zero attached hydrogens (tertiary/aromatic N) is 5. The van der Waals surface area contributed by atoms with E-state index in [0.717, 1.165) is 40.3 Å². The second-order valence-electron chi connectivity index (χ2n) is 7.56. The molecule has 0 bridgehead atoms. The van der Waals surface area contributed by atoms with Gasteiger partial charge in [-0.25, -0.2) is 15.0 Å². The molecule has 8 heteroatoms. The molecule has 3 aromatic heterocycles. The van der Waals surface area contributed by atoms with Crippen molar-refractivity contribution in [1.82, 2.24) is 19.9 Å². The topological polar surface area (TPSA) is 75.4 Å². The van der Waals surface area contributed by atoms with Crippen LogP contribution in [0.2, 0.25) is 0 Å². The Hall–Kier alpha value is -2.74. The Morgan fingerprint density at radius 2 is 1.90 bits per heavy atom. The molecule has 4 heterocycles. The Morgan fingerprint density at radius 3 is 2.55 bits per heavy atom. The molecule has 1 amide bonds. The molecule has 1 fully saturated rings. The Morgan fingerprint density at radius 1 is 1.14 bits per heavy atom. The van der Waals surface area contributed by atoms with Crippen LogP contribution in [0, 0.1) is 13.8 Å². The molecule has 152 valence electrons. The van der Waals surface area contributed by atoms with Crippen molar-refractivity contribution in [1.29, 1.82) is 0 Å². The summed E-state index contributed by atoms with van der Waals surface area (Å²) < 4.78 is 5.42. The largest absolute Gasteiger partial charge is 0.462 e. The van der Waals surface area contributed by atoms with E-state index in [1.807, 2.05) is 36.9 Å². The van der Waals surface area contributed by atoms with Crippen molar-refractivity contribution in [3.63, 3.8) is 0 Å². The predicted molar refractivity (Wildman–Crippen MR) is 114 cm³/mol. The van der Waals surface area contributed by atoms with Gasteiger partial charge >= 0.3 is 0 Å². The molecule has 4 rings (SSSR count). The summed E-state index contributed by atoms with van der Waals surface area (Å²) in [6.07, 6.45) is 1.62. The number of aryl methyl sites for hydroxylation is 2. The normalized spacial score (nSPS) is 14.7. The van der Waals surface area contributed by atoms with Gasteiger partial charge in [-0.3, -0.25) is 4.79 Å². The van der Waals surface area contributed by atoms with Gasteiger partial charge in [0.05, 0.1) is 6.26 Å². The molecule has 0 radical (unpaired) electrons. The molecule has 1 aliphatic heterocycles. The molecule has 0 N–H and O–H groups in total. The second kappa shape index (κ2) is 7.94. The Balaban J connectivity index is 1.46. The van der Waals surface area contributed by atoms with Crippen LogP contribution in [0.3, 0.4) is 0 Å². The maximum atomic E-state index is 13.0. The number of amides is 1. The molecule has 0 atom stereocenters. The van der Waals surface area contributed by atoms with Gasteiger partial charge in [-0.2, -0.15) is 0 Å². The third kappa shape index (κ3) is 4.03. The van der Waals surface area contributed by atoms with Crippen LogP contribution in [0.15, 0.2) is 28.9 Å². The molecule has 3 aromatic rings. The van der Waals surface area contributed by atoms with Crippen LogP contribution in [-0.2, 0) is 0 Å². The van der Waals surface area contributed by atoms with E-state index in [1.165, 1.54) is 11.3 Å². The maximum absolute atomic E-state index is 13.0. The molecule has 0 saturated carbocycles. The van der Waals surface area contributed by atoms with Gasteiger partial charge in [0.15, 0.2) is 10.8 Å². The predicted octanol–water partition coefficient (Wildman–Crippen LogP) is 3.90. The van der Waals surface area contributed by atoms with Crippen molar-refractivity contribution in [3.05, 3.63) is 46.6 Å². The molecule has 0 aromatic carbocycles. The second-order valence-corrected chi connectivity index (χ2v) is 8.76. The molecule has 29 heavy (non-hydrogen) atoms. The van der Waals surface area contributed by atoms with Crippen molar-refractivity contribution in [2.45, 2.75) is 33.6 Å². The summed E-state index contributed by atoms with van der Waals surface area (Å²) in [6.45, 7) is 10.9. The van der Waals surface area contributed by atoms with Crippen LogP contribution in [0.4, 0.5) is 5.82 Å². The van der Waals surface area contributed by atoms with Crippen molar-refractivity contribution in [3.8, 4) is 10.8 Å². The number of piperazine rings is 1. The first kappa shape index (κ1) is 19.6. The van der Waals surface area contributed by atoms with Gasteiger partial charge in [-0.1, -0.05) is 13.8 Å². The van der Waals surface area contributed by atoms with Gasteiger partial charge in [0.1, 0.15) is 17.3 Å². The van der Waals surface area contributed by atoms with Gasteiger partial charge in [0, 0.05) is 48.7 Å². The fourth-order valence-electron chi connectivity index (χ4n) is 3.38. The number of anilines is 1. The van der Waals surface area contributed by atoms with Gasteiger partial charge in [0.25, 0.3) is 5.91 Å². The van der Waals surface area contributed by atoms with Crippen molar-refractivity contribution >= 4 is 23.1 Å². The number of aromatic nitrogens is 3. The van der Waals surface area contributed by atoms with Gasteiger partial charge in [-0.15, -0.1) is 11.3 Å². The van der Waals surface area contributed by atoms with Gasteiger partial charge in [0.2, 0.25) is 0 Å². The quantitative estimate of drug-likeness (QED) is 0.648. The molecule has 1 saturated heterocycles. The van der Waals surface area contributed by atoms with Crippen LogP contribution >= 0.6 is 11.3 Å². The highest BCUT2D eigenvalue weighted by molar-refractivity contribution is 7.15. The number of hydrogen-bond acceptors (Lipinski definition) is 7. The SMILES string of the molecule is Cc1cc(N2CCN(C(=O)c3nc(-c4ccco4)sc3C)CC2)nc(C(C)C)n1. The minimum atomic E-state index is -0.0158. The summed E-state index contributed by atoms with van der Waals surface area (Å²) in [7, 11) is 0. The molecule has 0 unspecified atom stereocenters. The summed E-state index contributed by atoms with van der Waals surface area (Å²) in [5, 5.41) is 0.743. The summed E-state index contributed by atoms with van der Waals surface area (Å²) in [6, 6.07) is 5.70. The lowest BCUT2D eigenvalue weighted by molar-refractivity contribution is 0.0740. The highest BCUT2D eigenvalue weighted by atomic mass is 32.1. The molecular formula is C21H25N5O2S. The number of carbonyl (C=O) groups excluding carboxylic acids is 1. The smallest absolute Gasteiger partial charge is 0.273 e. The third-order valence-corrected chi connectivity index (χ3v) is 5.98. The summed E-state index contributed by atoms with van der Waals surface area (Å²) in [5.41, 5.74) is 1.50.